The summed E-state index contributed by atoms with van der Waals surface area (Å²) < 4.78 is 34.4. The van der Waals surface area contributed by atoms with Crippen LogP contribution in [0.25, 0.3) is 5.70 Å². The van der Waals surface area contributed by atoms with E-state index in [4.69, 9.17) is 21.4 Å². The van der Waals surface area contributed by atoms with Gasteiger partial charge in [0.1, 0.15) is 0 Å². The number of hydrazine groups is 1. The number of aromatic nitrogens is 2. The van der Waals surface area contributed by atoms with Gasteiger partial charge >= 0.3 is 0 Å². The lowest BCUT2D eigenvalue weighted by atomic mass is 9.86. The lowest BCUT2D eigenvalue weighted by Gasteiger charge is -2.24. The Morgan fingerprint density at radius 3 is 2.42 bits per heavy atom. The third-order valence-electron chi connectivity index (χ3n) is 8.20. The molecule has 1 aliphatic rings. The Bertz CT molecular complexity index is 1680. The van der Waals surface area contributed by atoms with Crippen LogP contribution in [0.2, 0.25) is 0 Å². The zero-order chi connectivity index (χ0) is 33.1. The fourth-order valence-electron chi connectivity index (χ4n) is 5.78. The highest BCUT2D eigenvalue weighted by atomic mass is 32.2. The van der Waals surface area contributed by atoms with Gasteiger partial charge in [0.25, 0.3) is 5.91 Å². The van der Waals surface area contributed by atoms with Gasteiger partial charge in [-0.1, -0.05) is 53.0 Å². The van der Waals surface area contributed by atoms with Crippen molar-refractivity contribution in [3.8, 4) is 5.75 Å². The number of methoxy groups -OCH3 is 1. The molecule has 6 N–H and O–H groups in total. The molecule has 0 spiro atoms. The van der Waals surface area contributed by atoms with Crippen molar-refractivity contribution >= 4 is 38.7 Å². The molecule has 1 aliphatic carbocycles. The van der Waals surface area contributed by atoms with Crippen LogP contribution in [0.4, 0.5) is 17.1 Å². The van der Waals surface area contributed by atoms with Crippen LogP contribution < -0.4 is 31.4 Å². The number of benzene rings is 2. The molecule has 0 atom stereocenters. The van der Waals surface area contributed by atoms with Crippen molar-refractivity contribution in [3.63, 3.8) is 0 Å². The minimum absolute atomic E-state index is 0.200. The molecule has 1 fully saturated rings. The van der Waals surface area contributed by atoms with Gasteiger partial charge in [-0.25, -0.2) is 14.3 Å². The van der Waals surface area contributed by atoms with Gasteiger partial charge in [-0.15, -0.1) is 0 Å². The van der Waals surface area contributed by atoms with Gasteiger partial charge in [0.05, 0.1) is 48.4 Å². The van der Waals surface area contributed by atoms with E-state index < -0.39 is 15.9 Å². The van der Waals surface area contributed by atoms with Crippen molar-refractivity contribution < 1.29 is 17.9 Å². The lowest BCUT2D eigenvalue weighted by Crippen LogP contribution is -2.27. The highest BCUT2D eigenvalue weighted by Crippen LogP contribution is 2.39. The molecule has 0 unspecified atom stereocenters. The number of anilines is 3. The van der Waals surface area contributed by atoms with Crippen LogP contribution in [0.5, 0.6) is 5.75 Å². The second kappa shape index (κ2) is 13.5. The largest absolute Gasteiger partial charge is 0.492 e. The molecule has 244 valence electrons. The topological polar surface area (TPSA) is 158 Å². The molecule has 0 radical (unpaired) electrons. The summed E-state index contributed by atoms with van der Waals surface area (Å²) in [6.45, 7) is 9.99. The first-order valence-electron chi connectivity index (χ1n) is 15.3. The molecule has 1 heterocycles. The number of carbonyl (C=O) groups excluding carboxylic acids is 1. The number of nitrogens with one attached hydrogen (secondary N) is 2. The van der Waals surface area contributed by atoms with Gasteiger partial charge in [-0.3, -0.25) is 19.2 Å². The van der Waals surface area contributed by atoms with Crippen molar-refractivity contribution in [1.29, 1.82) is 0 Å². The predicted octanol–water partition coefficient (Wildman–Crippen LogP) is 5.83. The summed E-state index contributed by atoms with van der Waals surface area (Å²) in [5.41, 5.74) is 11.8. The second-order valence-electron chi connectivity index (χ2n) is 12.8. The van der Waals surface area contributed by atoms with Crippen LogP contribution in [0.15, 0.2) is 42.7 Å². The second-order valence-corrected chi connectivity index (χ2v) is 14.5. The van der Waals surface area contributed by atoms with Crippen LogP contribution in [0.3, 0.4) is 0 Å². The van der Waals surface area contributed by atoms with E-state index in [0.29, 0.717) is 28.7 Å². The van der Waals surface area contributed by atoms with E-state index >= 15 is 0 Å². The minimum atomic E-state index is -3.61. The number of hydrogen-bond donors (Lipinski definition) is 4. The molecule has 1 aromatic heterocycles. The van der Waals surface area contributed by atoms with Gasteiger partial charge in [-0.2, -0.15) is 5.10 Å². The maximum atomic E-state index is 13.6. The number of nitrogens with zero attached hydrogens (tertiary/aromatic N) is 3. The summed E-state index contributed by atoms with van der Waals surface area (Å²) in [6.07, 6.45) is 11.3. The fraction of sp³-hybridized carbons (Fsp3) is 0.455. The summed E-state index contributed by atoms with van der Waals surface area (Å²) in [5.74, 6) is 6.30. The first kappa shape index (κ1) is 33.9. The predicted molar refractivity (Wildman–Crippen MR) is 182 cm³/mol. The average molecular weight is 638 g/mol. The highest BCUT2D eigenvalue weighted by molar-refractivity contribution is 7.92. The quantitative estimate of drug-likeness (QED) is 0.160. The Kier molecular flexibility index (Phi) is 10.2. The molecule has 0 aliphatic heterocycles. The zero-order valence-corrected chi connectivity index (χ0v) is 28.2. The molecule has 1 saturated carbocycles. The van der Waals surface area contributed by atoms with Gasteiger partial charge in [0.15, 0.2) is 5.75 Å². The van der Waals surface area contributed by atoms with Crippen molar-refractivity contribution in [2.45, 2.75) is 84.6 Å². The average Bonchev–Trinajstić information content (AvgIpc) is 3.41. The number of hydrogen-bond acceptors (Lipinski definition) is 8. The van der Waals surface area contributed by atoms with Gasteiger partial charge in [0, 0.05) is 23.0 Å². The SMILES string of the molecule is CCc1c(/C(N)=C/N(N)c2cc(C(=O)Nc3cc(C(C)(C)C)cc(NS(C)(=O)=O)c3OC)ccc2C)cnn1C1CCCCC1. The highest BCUT2D eigenvalue weighted by Gasteiger charge is 2.24. The van der Waals surface area contributed by atoms with Gasteiger partial charge in [0.2, 0.25) is 10.0 Å². The van der Waals surface area contributed by atoms with Crippen LogP contribution in [-0.2, 0) is 21.9 Å². The van der Waals surface area contributed by atoms with Crippen molar-refractivity contribution in [2.75, 3.05) is 28.4 Å². The number of rotatable bonds is 10. The normalized spacial score (nSPS) is 14.7. The van der Waals surface area contributed by atoms with E-state index in [1.165, 1.54) is 31.4 Å². The smallest absolute Gasteiger partial charge is 0.255 e. The number of sulfonamides is 1. The van der Waals surface area contributed by atoms with Gasteiger partial charge in [-0.05, 0) is 67.0 Å². The molecule has 12 heteroatoms. The summed E-state index contributed by atoms with van der Waals surface area (Å²) in [6, 6.07) is 9.10. The number of aryl methyl sites for hydroxylation is 1. The molecule has 3 aromatic rings. The number of carbonyl (C=O) groups is 1. The third-order valence-corrected chi connectivity index (χ3v) is 8.79. The molecule has 0 saturated heterocycles. The third kappa shape index (κ3) is 7.98. The number of ether oxygens (including phenoxy) is 1. The Hall–Kier alpha value is -4.03. The molecule has 1 amide bonds. The maximum Gasteiger partial charge on any atom is 0.255 e. The lowest BCUT2D eigenvalue weighted by molar-refractivity contribution is 0.102. The van der Waals surface area contributed by atoms with Crippen LogP contribution >= 0.6 is 0 Å². The number of nitrogens with two attached hydrogens (primary N) is 2. The van der Waals surface area contributed by atoms with Crippen LogP contribution in [-0.4, -0.2) is 37.5 Å². The zero-order valence-electron chi connectivity index (χ0n) is 27.4. The van der Waals surface area contributed by atoms with E-state index in [0.717, 1.165) is 47.9 Å². The molecule has 2 aromatic carbocycles. The summed E-state index contributed by atoms with van der Waals surface area (Å²) in [4.78, 5) is 13.6. The van der Waals surface area contributed by atoms with E-state index in [-0.39, 0.29) is 16.9 Å². The van der Waals surface area contributed by atoms with Crippen molar-refractivity contribution in [3.05, 3.63) is 70.7 Å². The van der Waals surface area contributed by atoms with E-state index in [9.17, 15) is 13.2 Å². The summed E-state index contributed by atoms with van der Waals surface area (Å²) in [7, 11) is -2.19. The summed E-state index contributed by atoms with van der Waals surface area (Å²) >= 11 is 0. The Balaban J connectivity index is 1.64. The van der Waals surface area contributed by atoms with Crippen LogP contribution in [0.1, 0.15) is 98.6 Å². The Morgan fingerprint density at radius 1 is 1.16 bits per heavy atom. The first-order chi connectivity index (χ1) is 21.1. The molecule has 4 rings (SSSR count). The van der Waals surface area contributed by atoms with Crippen LogP contribution in [0, 0.1) is 6.92 Å². The first-order valence-corrected chi connectivity index (χ1v) is 17.2. The van der Waals surface area contributed by atoms with E-state index in [2.05, 4.69) is 21.6 Å². The summed E-state index contributed by atoms with van der Waals surface area (Å²) in [5, 5.41) is 9.04. The molecule has 45 heavy (non-hydrogen) atoms. The number of amides is 1. The van der Waals surface area contributed by atoms with Crippen molar-refractivity contribution in [2.24, 2.45) is 11.6 Å². The van der Waals surface area contributed by atoms with E-state index in [1.807, 2.05) is 40.0 Å². The minimum Gasteiger partial charge on any atom is -0.492 e. The Labute approximate surface area is 267 Å². The molecular weight excluding hydrogens is 590 g/mol. The standard InChI is InChI=1S/C33H47N7O4S/c1-8-29-25(19-36-40(29)24-12-10-9-11-13-24)26(34)20-39(35)30-16-22(15-14-21(30)2)32(41)37-27-17-23(33(3,4)5)18-28(31(27)44-6)38-45(7,42)43/h14-20,24,38H,8-13,34-35H2,1-7H3,(H,37,41)/b26-20-. The Morgan fingerprint density at radius 2 is 1.82 bits per heavy atom. The van der Waals surface area contributed by atoms with Crippen molar-refractivity contribution in [1.82, 2.24) is 9.78 Å². The molecular formula is C33H47N7O4S. The van der Waals surface area contributed by atoms with Gasteiger partial charge < -0.3 is 15.8 Å². The van der Waals surface area contributed by atoms with E-state index in [1.54, 1.807) is 30.5 Å². The fourth-order valence-corrected chi connectivity index (χ4v) is 6.33. The maximum absolute atomic E-state index is 13.6. The molecule has 0 bridgehead atoms. The molecule has 11 nitrogen and oxygen atoms in total. The monoisotopic (exact) mass is 637 g/mol.